The zero-order valence-corrected chi connectivity index (χ0v) is 11.3. The van der Waals surface area contributed by atoms with Gasteiger partial charge in [0, 0.05) is 11.9 Å². The van der Waals surface area contributed by atoms with Crippen LogP contribution < -0.4 is 10.1 Å². The van der Waals surface area contributed by atoms with E-state index in [1.165, 1.54) is 12.3 Å². The number of aromatic hydroxyl groups is 1. The van der Waals surface area contributed by atoms with Crippen LogP contribution in [0.5, 0.6) is 11.5 Å². The molecule has 104 valence electrons. The maximum atomic E-state index is 11.9. The van der Waals surface area contributed by atoms with Crippen LogP contribution in [0.1, 0.15) is 24.3 Å². The highest BCUT2D eigenvalue weighted by Crippen LogP contribution is 2.19. The molecule has 0 saturated heterocycles. The van der Waals surface area contributed by atoms with E-state index in [2.05, 4.69) is 10.3 Å². The third kappa shape index (κ3) is 3.47. The van der Waals surface area contributed by atoms with E-state index in [0.29, 0.717) is 5.69 Å². The number of amides is 1. The Morgan fingerprint density at radius 1 is 1.25 bits per heavy atom. The number of aromatic nitrogens is 1. The topological polar surface area (TPSA) is 71.5 Å². The summed E-state index contributed by atoms with van der Waals surface area (Å²) in [5.41, 5.74) is 0.603. The Hall–Kier alpha value is -2.56. The number of anilines is 1. The molecule has 0 spiro atoms. The second-order valence-electron chi connectivity index (χ2n) is 4.52. The van der Waals surface area contributed by atoms with Crippen molar-refractivity contribution in [1.29, 1.82) is 0 Å². The van der Waals surface area contributed by atoms with Crippen LogP contribution in [0.15, 0.2) is 42.6 Å². The highest BCUT2D eigenvalue weighted by Gasteiger charge is 2.12. The minimum absolute atomic E-state index is 0.00462. The first-order valence-electron chi connectivity index (χ1n) is 6.28. The van der Waals surface area contributed by atoms with Crippen molar-refractivity contribution >= 4 is 11.6 Å². The van der Waals surface area contributed by atoms with Gasteiger partial charge in [-0.2, -0.15) is 0 Å². The van der Waals surface area contributed by atoms with Gasteiger partial charge in [-0.1, -0.05) is 0 Å². The summed E-state index contributed by atoms with van der Waals surface area (Å²) in [4.78, 5) is 15.8. The summed E-state index contributed by atoms with van der Waals surface area (Å²) in [5, 5.41) is 12.2. The molecule has 0 saturated carbocycles. The summed E-state index contributed by atoms with van der Waals surface area (Å²) in [6, 6.07) is 9.98. The molecule has 0 atom stereocenters. The molecule has 0 aliphatic heterocycles. The molecule has 1 heterocycles. The lowest BCUT2D eigenvalue weighted by Gasteiger charge is -2.10. The van der Waals surface area contributed by atoms with Crippen molar-refractivity contribution in [3.05, 3.63) is 48.3 Å². The summed E-state index contributed by atoms with van der Waals surface area (Å²) in [5.74, 6) is 0.129. The van der Waals surface area contributed by atoms with E-state index >= 15 is 0 Å². The summed E-state index contributed by atoms with van der Waals surface area (Å²) in [7, 11) is 0. The van der Waals surface area contributed by atoms with Crippen LogP contribution in [0.4, 0.5) is 5.69 Å². The Labute approximate surface area is 117 Å². The van der Waals surface area contributed by atoms with Gasteiger partial charge in [0.15, 0.2) is 5.69 Å². The number of carbonyl (C=O) groups excluding carboxylic acids is 1. The van der Waals surface area contributed by atoms with E-state index in [-0.39, 0.29) is 17.5 Å². The molecular formula is C15H16N2O3. The molecule has 0 radical (unpaired) electrons. The van der Waals surface area contributed by atoms with Gasteiger partial charge in [-0.25, -0.2) is 4.98 Å². The first-order chi connectivity index (χ1) is 9.56. The first kappa shape index (κ1) is 13.9. The van der Waals surface area contributed by atoms with Crippen molar-refractivity contribution in [3.63, 3.8) is 0 Å². The highest BCUT2D eigenvalue weighted by molar-refractivity contribution is 6.04. The van der Waals surface area contributed by atoms with Crippen molar-refractivity contribution in [3.8, 4) is 11.5 Å². The molecular weight excluding hydrogens is 256 g/mol. The van der Waals surface area contributed by atoms with Crippen LogP contribution in [-0.2, 0) is 0 Å². The van der Waals surface area contributed by atoms with E-state index in [4.69, 9.17) is 4.74 Å². The average Bonchev–Trinajstić information content (AvgIpc) is 2.41. The van der Waals surface area contributed by atoms with Gasteiger partial charge >= 0.3 is 0 Å². The van der Waals surface area contributed by atoms with Crippen molar-refractivity contribution in [2.75, 3.05) is 5.32 Å². The van der Waals surface area contributed by atoms with Crippen LogP contribution in [0, 0.1) is 0 Å². The molecule has 0 unspecified atom stereocenters. The molecule has 2 N–H and O–H groups in total. The number of hydrogen-bond acceptors (Lipinski definition) is 4. The van der Waals surface area contributed by atoms with Crippen LogP contribution in [-0.4, -0.2) is 22.1 Å². The predicted molar refractivity (Wildman–Crippen MR) is 76.1 cm³/mol. The zero-order chi connectivity index (χ0) is 14.5. The van der Waals surface area contributed by atoms with Crippen LogP contribution >= 0.6 is 0 Å². The molecule has 20 heavy (non-hydrogen) atoms. The van der Waals surface area contributed by atoms with E-state index in [0.717, 1.165) is 5.75 Å². The first-order valence-corrected chi connectivity index (χ1v) is 6.28. The van der Waals surface area contributed by atoms with Gasteiger partial charge in [0.05, 0.1) is 6.10 Å². The largest absolute Gasteiger partial charge is 0.505 e. The van der Waals surface area contributed by atoms with Crippen molar-refractivity contribution in [2.24, 2.45) is 0 Å². The van der Waals surface area contributed by atoms with Gasteiger partial charge < -0.3 is 15.2 Å². The zero-order valence-electron chi connectivity index (χ0n) is 11.3. The van der Waals surface area contributed by atoms with Crippen molar-refractivity contribution in [2.45, 2.75) is 20.0 Å². The molecule has 1 aromatic heterocycles. The van der Waals surface area contributed by atoms with Gasteiger partial charge in [-0.15, -0.1) is 0 Å². The number of nitrogens with zero attached hydrogens (tertiary/aromatic N) is 1. The van der Waals surface area contributed by atoms with Gasteiger partial charge in [-0.3, -0.25) is 4.79 Å². The average molecular weight is 272 g/mol. The summed E-state index contributed by atoms with van der Waals surface area (Å²) >= 11 is 0. The number of pyridine rings is 1. The lowest BCUT2D eigenvalue weighted by Crippen LogP contribution is -2.13. The fourth-order valence-corrected chi connectivity index (χ4v) is 1.65. The Morgan fingerprint density at radius 3 is 2.55 bits per heavy atom. The molecule has 0 aliphatic rings. The predicted octanol–water partition coefficient (Wildman–Crippen LogP) is 2.83. The van der Waals surface area contributed by atoms with Gasteiger partial charge in [0.2, 0.25) is 0 Å². The normalized spacial score (nSPS) is 10.3. The fraction of sp³-hybridized carbons (Fsp3) is 0.200. The minimum Gasteiger partial charge on any atom is -0.505 e. The second kappa shape index (κ2) is 6.06. The minimum atomic E-state index is -0.458. The monoisotopic (exact) mass is 272 g/mol. The Balaban J connectivity index is 2.07. The Bertz CT molecular complexity index is 594. The van der Waals surface area contributed by atoms with Crippen LogP contribution in [0.3, 0.4) is 0 Å². The lowest BCUT2D eigenvalue weighted by atomic mass is 10.2. The molecule has 1 aromatic carbocycles. The molecule has 0 fully saturated rings. The quantitative estimate of drug-likeness (QED) is 0.897. The van der Waals surface area contributed by atoms with Gasteiger partial charge in [0.1, 0.15) is 11.5 Å². The molecule has 2 aromatic rings. The molecule has 5 heteroatoms. The van der Waals surface area contributed by atoms with E-state index in [1.807, 2.05) is 13.8 Å². The summed E-state index contributed by atoms with van der Waals surface area (Å²) in [6.45, 7) is 3.89. The lowest BCUT2D eigenvalue weighted by molar-refractivity contribution is 0.101. The van der Waals surface area contributed by atoms with Crippen molar-refractivity contribution in [1.82, 2.24) is 4.98 Å². The van der Waals surface area contributed by atoms with Crippen molar-refractivity contribution < 1.29 is 14.6 Å². The highest BCUT2D eigenvalue weighted by atomic mass is 16.5. The molecule has 0 aliphatic carbocycles. The Kier molecular flexibility index (Phi) is 4.20. The van der Waals surface area contributed by atoms with Gasteiger partial charge in [-0.05, 0) is 50.2 Å². The van der Waals surface area contributed by atoms with Gasteiger partial charge in [0.25, 0.3) is 5.91 Å². The number of hydrogen-bond donors (Lipinski definition) is 2. The van der Waals surface area contributed by atoms with E-state index < -0.39 is 5.91 Å². The number of carbonyl (C=O) groups is 1. The number of ether oxygens (including phenoxy) is 1. The van der Waals surface area contributed by atoms with E-state index in [1.54, 1.807) is 30.3 Å². The molecule has 2 rings (SSSR count). The standard InChI is InChI=1S/C15H16N2O3/c1-10(2)20-12-7-5-11(6-8-12)17-15(19)14-13(18)4-3-9-16-14/h3-10,18H,1-2H3,(H,17,19). The third-order valence-corrected chi connectivity index (χ3v) is 2.49. The summed E-state index contributed by atoms with van der Waals surface area (Å²) in [6.07, 6.45) is 1.55. The molecule has 0 bridgehead atoms. The molecule has 5 nitrogen and oxygen atoms in total. The second-order valence-corrected chi connectivity index (χ2v) is 4.52. The smallest absolute Gasteiger partial charge is 0.278 e. The molecule has 1 amide bonds. The Morgan fingerprint density at radius 2 is 1.95 bits per heavy atom. The summed E-state index contributed by atoms with van der Waals surface area (Å²) < 4.78 is 5.51. The number of rotatable bonds is 4. The SMILES string of the molecule is CC(C)Oc1ccc(NC(=O)c2ncccc2O)cc1. The van der Waals surface area contributed by atoms with E-state index in [9.17, 15) is 9.90 Å². The van der Waals surface area contributed by atoms with Crippen LogP contribution in [0.2, 0.25) is 0 Å². The fourth-order valence-electron chi connectivity index (χ4n) is 1.65. The van der Waals surface area contributed by atoms with Crippen LogP contribution in [0.25, 0.3) is 0 Å². The third-order valence-electron chi connectivity index (χ3n) is 2.49. The maximum Gasteiger partial charge on any atom is 0.278 e. The number of nitrogens with one attached hydrogen (secondary N) is 1. The maximum absolute atomic E-state index is 11.9. The number of benzene rings is 1.